The van der Waals surface area contributed by atoms with Crippen LogP contribution in [0.25, 0.3) is 0 Å². The Labute approximate surface area is 97.2 Å². The summed E-state index contributed by atoms with van der Waals surface area (Å²) in [7, 11) is 0. The van der Waals surface area contributed by atoms with Crippen LogP contribution in [-0.4, -0.2) is 25.6 Å². The molecular formula is C10H13N3O4. The molecule has 0 amide bonds. The average Bonchev–Trinajstić information content (AvgIpc) is 2.79. The van der Waals surface area contributed by atoms with E-state index in [0.717, 1.165) is 19.3 Å². The van der Waals surface area contributed by atoms with E-state index in [1.54, 1.807) is 0 Å². The van der Waals surface area contributed by atoms with Crippen molar-refractivity contribution in [1.82, 2.24) is 9.55 Å². The number of hydrogen-bond acceptors (Lipinski definition) is 4. The minimum atomic E-state index is -1.06. The number of carbonyl (C=O) groups is 1. The number of carboxylic acids is 1. The number of aromatic nitrogens is 2. The van der Waals surface area contributed by atoms with Crippen molar-refractivity contribution in [3.8, 4) is 0 Å². The Hall–Kier alpha value is -1.92. The van der Waals surface area contributed by atoms with Gasteiger partial charge in [0.05, 0.1) is 0 Å². The molecule has 0 aromatic carbocycles. The number of imidazole rings is 1. The molecule has 0 radical (unpaired) electrons. The van der Waals surface area contributed by atoms with E-state index in [9.17, 15) is 20.0 Å². The van der Waals surface area contributed by atoms with Gasteiger partial charge in [-0.3, -0.25) is 4.57 Å². The van der Waals surface area contributed by atoms with Gasteiger partial charge in [-0.15, -0.1) is 0 Å². The fraction of sp³-hybridized carbons (Fsp3) is 0.600. The molecule has 1 N–H and O–H groups in total. The summed E-state index contributed by atoms with van der Waals surface area (Å²) in [6, 6.07) is 0. The molecule has 1 aliphatic carbocycles. The molecule has 1 saturated carbocycles. The van der Waals surface area contributed by atoms with Crippen molar-refractivity contribution < 1.29 is 14.8 Å². The highest BCUT2D eigenvalue weighted by Crippen LogP contribution is 2.35. The zero-order valence-electron chi connectivity index (χ0n) is 9.20. The number of rotatable bonds is 3. The highest BCUT2D eigenvalue weighted by molar-refractivity contribution is 5.77. The molecule has 1 aromatic rings. The van der Waals surface area contributed by atoms with Crippen LogP contribution in [0.1, 0.15) is 32.1 Å². The van der Waals surface area contributed by atoms with E-state index in [1.807, 2.05) is 0 Å². The second kappa shape index (κ2) is 4.15. The number of nitro groups is 1. The maximum atomic E-state index is 11.4. The van der Waals surface area contributed by atoms with Crippen LogP contribution in [0.2, 0.25) is 0 Å². The Bertz CT molecular complexity index is 448. The van der Waals surface area contributed by atoms with Gasteiger partial charge in [0.15, 0.2) is 0 Å². The van der Waals surface area contributed by atoms with Crippen molar-refractivity contribution in [2.24, 2.45) is 0 Å². The van der Waals surface area contributed by atoms with Gasteiger partial charge in [0.1, 0.15) is 11.7 Å². The minimum Gasteiger partial charge on any atom is -0.479 e. The monoisotopic (exact) mass is 239 g/mol. The minimum absolute atomic E-state index is 0.309. The standard InChI is InChI=1S/C10H13N3O4/c14-9(15)10(4-2-1-3-5-10)12-6-8(11-7-12)13(16)17/h6-7H,1-5H2,(H,14,15). The molecule has 7 heteroatoms. The van der Waals surface area contributed by atoms with Crippen LogP contribution in [0.4, 0.5) is 5.82 Å². The molecule has 0 spiro atoms. The lowest BCUT2D eigenvalue weighted by molar-refractivity contribution is -0.389. The van der Waals surface area contributed by atoms with Crippen molar-refractivity contribution in [3.05, 3.63) is 22.6 Å². The zero-order valence-corrected chi connectivity index (χ0v) is 9.20. The molecule has 0 aliphatic heterocycles. The number of carboxylic acid groups (broad SMARTS) is 1. The van der Waals surface area contributed by atoms with Crippen LogP contribution in [0.5, 0.6) is 0 Å². The largest absolute Gasteiger partial charge is 0.479 e. The molecule has 0 unspecified atom stereocenters. The Morgan fingerprint density at radius 1 is 1.47 bits per heavy atom. The molecule has 1 heterocycles. The van der Waals surface area contributed by atoms with Crippen molar-refractivity contribution >= 4 is 11.8 Å². The van der Waals surface area contributed by atoms with Gasteiger partial charge in [0.25, 0.3) is 0 Å². The molecule has 0 atom stereocenters. The summed E-state index contributed by atoms with van der Waals surface area (Å²) in [5.41, 5.74) is -1.06. The predicted octanol–water partition coefficient (Wildman–Crippen LogP) is 1.54. The maximum absolute atomic E-state index is 11.4. The van der Waals surface area contributed by atoms with Crippen LogP contribution in [0.3, 0.4) is 0 Å². The lowest BCUT2D eigenvalue weighted by Gasteiger charge is -2.33. The summed E-state index contributed by atoms with van der Waals surface area (Å²) in [4.78, 5) is 25.0. The van der Waals surface area contributed by atoms with E-state index >= 15 is 0 Å². The van der Waals surface area contributed by atoms with E-state index in [4.69, 9.17) is 0 Å². The van der Waals surface area contributed by atoms with Crippen LogP contribution in [0.15, 0.2) is 12.5 Å². The Balaban J connectivity index is 2.38. The molecule has 2 rings (SSSR count). The Morgan fingerprint density at radius 2 is 2.12 bits per heavy atom. The first-order chi connectivity index (χ1) is 8.06. The summed E-state index contributed by atoms with van der Waals surface area (Å²) in [5.74, 6) is -1.25. The maximum Gasteiger partial charge on any atom is 0.381 e. The molecule has 0 saturated heterocycles. The van der Waals surface area contributed by atoms with Crippen molar-refractivity contribution in [2.75, 3.05) is 0 Å². The molecule has 1 aliphatic rings. The number of nitrogens with zero attached hydrogens (tertiary/aromatic N) is 3. The van der Waals surface area contributed by atoms with Gasteiger partial charge in [-0.05, 0) is 22.7 Å². The van der Waals surface area contributed by atoms with Gasteiger partial charge in [-0.1, -0.05) is 19.3 Å². The number of hydrogen-bond donors (Lipinski definition) is 1. The van der Waals surface area contributed by atoms with Crippen LogP contribution in [-0.2, 0) is 10.3 Å². The van der Waals surface area contributed by atoms with Crippen LogP contribution < -0.4 is 0 Å². The van der Waals surface area contributed by atoms with Gasteiger partial charge in [0.2, 0.25) is 6.33 Å². The van der Waals surface area contributed by atoms with Gasteiger partial charge < -0.3 is 15.2 Å². The fourth-order valence-corrected chi connectivity index (χ4v) is 2.36. The van der Waals surface area contributed by atoms with Crippen molar-refractivity contribution in [1.29, 1.82) is 0 Å². The summed E-state index contributed by atoms with van der Waals surface area (Å²) in [6.07, 6.45) is 6.09. The number of aliphatic carboxylic acids is 1. The van der Waals surface area contributed by atoms with Gasteiger partial charge in [-0.2, -0.15) is 0 Å². The molecular weight excluding hydrogens is 226 g/mol. The van der Waals surface area contributed by atoms with Gasteiger partial charge >= 0.3 is 11.8 Å². The highest BCUT2D eigenvalue weighted by atomic mass is 16.6. The first kappa shape index (κ1) is 11.6. The van der Waals surface area contributed by atoms with E-state index in [1.165, 1.54) is 17.1 Å². The third kappa shape index (κ3) is 1.88. The lowest BCUT2D eigenvalue weighted by Crippen LogP contribution is -2.42. The lowest BCUT2D eigenvalue weighted by atomic mass is 9.81. The topological polar surface area (TPSA) is 98.3 Å². The van der Waals surface area contributed by atoms with Crippen LogP contribution in [0, 0.1) is 10.1 Å². The third-order valence-corrected chi connectivity index (χ3v) is 3.33. The molecule has 7 nitrogen and oxygen atoms in total. The van der Waals surface area contributed by atoms with Crippen LogP contribution >= 0.6 is 0 Å². The first-order valence-corrected chi connectivity index (χ1v) is 5.48. The first-order valence-electron chi connectivity index (χ1n) is 5.48. The summed E-state index contributed by atoms with van der Waals surface area (Å²) >= 11 is 0. The molecule has 1 fully saturated rings. The third-order valence-electron chi connectivity index (χ3n) is 3.33. The molecule has 1 aromatic heterocycles. The van der Waals surface area contributed by atoms with Gasteiger partial charge in [-0.25, -0.2) is 4.79 Å². The Morgan fingerprint density at radius 3 is 2.59 bits per heavy atom. The fourth-order valence-electron chi connectivity index (χ4n) is 2.36. The quantitative estimate of drug-likeness (QED) is 0.637. The second-order valence-electron chi connectivity index (χ2n) is 4.29. The van der Waals surface area contributed by atoms with E-state index in [0.29, 0.717) is 12.8 Å². The zero-order chi connectivity index (χ0) is 12.5. The summed E-state index contributed by atoms with van der Waals surface area (Å²) < 4.78 is 1.38. The molecule has 0 bridgehead atoms. The molecule has 17 heavy (non-hydrogen) atoms. The SMILES string of the molecule is O=C(O)C1(n2cnc([N+](=O)[O-])c2)CCCCC1. The van der Waals surface area contributed by atoms with Crippen molar-refractivity contribution in [2.45, 2.75) is 37.6 Å². The summed E-state index contributed by atoms with van der Waals surface area (Å²) in [5, 5.41) is 19.9. The van der Waals surface area contributed by atoms with E-state index < -0.39 is 16.4 Å². The predicted molar refractivity (Wildman–Crippen MR) is 57.6 cm³/mol. The smallest absolute Gasteiger partial charge is 0.381 e. The summed E-state index contributed by atoms with van der Waals surface area (Å²) in [6.45, 7) is 0. The van der Waals surface area contributed by atoms with E-state index in [2.05, 4.69) is 4.98 Å². The average molecular weight is 239 g/mol. The highest BCUT2D eigenvalue weighted by Gasteiger charge is 2.42. The second-order valence-corrected chi connectivity index (χ2v) is 4.29. The van der Waals surface area contributed by atoms with E-state index in [-0.39, 0.29) is 5.82 Å². The van der Waals surface area contributed by atoms with Gasteiger partial charge in [0, 0.05) is 0 Å². The Kier molecular flexibility index (Phi) is 2.83. The normalized spacial score (nSPS) is 18.8. The van der Waals surface area contributed by atoms with Crippen molar-refractivity contribution in [3.63, 3.8) is 0 Å². The molecule has 92 valence electrons.